The SMILES string of the molecule is CCC1CCC(C)N1c1c(CN)cnc2ccccc12. The highest BCUT2D eigenvalue weighted by Gasteiger charge is 2.31. The molecule has 106 valence electrons. The molecule has 2 unspecified atom stereocenters. The Morgan fingerprint density at radius 3 is 2.85 bits per heavy atom. The van der Waals surface area contributed by atoms with Crippen LogP contribution in [-0.2, 0) is 6.54 Å². The van der Waals surface area contributed by atoms with Gasteiger partial charge in [-0.25, -0.2) is 0 Å². The summed E-state index contributed by atoms with van der Waals surface area (Å²) in [4.78, 5) is 7.14. The molecule has 0 saturated carbocycles. The fourth-order valence-electron chi connectivity index (χ4n) is 3.50. The van der Waals surface area contributed by atoms with Gasteiger partial charge in [-0.1, -0.05) is 25.1 Å². The maximum absolute atomic E-state index is 5.97. The lowest BCUT2D eigenvalue weighted by Gasteiger charge is -2.33. The van der Waals surface area contributed by atoms with Gasteiger partial charge in [0, 0.05) is 35.8 Å². The first-order chi connectivity index (χ1) is 9.76. The van der Waals surface area contributed by atoms with Crippen molar-refractivity contribution in [3.8, 4) is 0 Å². The molecule has 0 amide bonds. The number of nitrogens with two attached hydrogens (primary N) is 1. The Morgan fingerprint density at radius 2 is 2.10 bits per heavy atom. The average molecular weight is 269 g/mol. The van der Waals surface area contributed by atoms with E-state index in [2.05, 4.69) is 41.9 Å². The van der Waals surface area contributed by atoms with Crippen LogP contribution in [0, 0.1) is 0 Å². The van der Waals surface area contributed by atoms with Crippen molar-refractivity contribution < 1.29 is 0 Å². The normalized spacial score (nSPS) is 22.6. The molecule has 1 saturated heterocycles. The quantitative estimate of drug-likeness (QED) is 0.928. The summed E-state index contributed by atoms with van der Waals surface area (Å²) in [6.07, 6.45) is 5.68. The molecule has 1 aromatic heterocycles. The number of hydrogen-bond acceptors (Lipinski definition) is 3. The molecule has 20 heavy (non-hydrogen) atoms. The van der Waals surface area contributed by atoms with E-state index in [0.29, 0.717) is 18.6 Å². The standard InChI is InChI=1S/C17H23N3/c1-3-14-9-8-12(2)20(14)17-13(10-18)11-19-16-7-5-4-6-15(16)17/h4-7,11-12,14H,3,8-10,18H2,1-2H3. The lowest BCUT2D eigenvalue weighted by Crippen LogP contribution is -2.35. The third-order valence-corrected chi connectivity index (χ3v) is 4.56. The van der Waals surface area contributed by atoms with E-state index < -0.39 is 0 Å². The Morgan fingerprint density at radius 1 is 1.30 bits per heavy atom. The van der Waals surface area contributed by atoms with E-state index in [9.17, 15) is 0 Å². The summed E-state index contributed by atoms with van der Waals surface area (Å²) in [6, 6.07) is 9.61. The second kappa shape index (κ2) is 5.41. The highest BCUT2D eigenvalue weighted by molar-refractivity contribution is 5.93. The van der Waals surface area contributed by atoms with Crippen molar-refractivity contribution in [3.05, 3.63) is 36.0 Å². The maximum atomic E-state index is 5.97. The lowest BCUT2D eigenvalue weighted by atomic mass is 10.1. The molecule has 0 radical (unpaired) electrons. The zero-order valence-corrected chi connectivity index (χ0v) is 12.3. The molecule has 3 rings (SSSR count). The van der Waals surface area contributed by atoms with Crippen LogP contribution in [0.1, 0.15) is 38.7 Å². The van der Waals surface area contributed by atoms with E-state index in [-0.39, 0.29) is 0 Å². The number of hydrogen-bond donors (Lipinski definition) is 1. The van der Waals surface area contributed by atoms with Crippen LogP contribution >= 0.6 is 0 Å². The van der Waals surface area contributed by atoms with Crippen molar-refractivity contribution in [2.45, 2.75) is 51.7 Å². The number of pyridine rings is 1. The Labute approximate surface area is 120 Å². The minimum Gasteiger partial charge on any atom is -0.365 e. The highest BCUT2D eigenvalue weighted by Crippen LogP contribution is 2.38. The van der Waals surface area contributed by atoms with Gasteiger partial charge in [-0.15, -0.1) is 0 Å². The van der Waals surface area contributed by atoms with Crippen molar-refractivity contribution in [1.82, 2.24) is 4.98 Å². The van der Waals surface area contributed by atoms with Crippen molar-refractivity contribution >= 4 is 16.6 Å². The second-order valence-corrected chi connectivity index (χ2v) is 5.75. The minimum absolute atomic E-state index is 0.548. The molecular weight excluding hydrogens is 246 g/mol. The molecular formula is C17H23N3. The Hall–Kier alpha value is -1.61. The van der Waals surface area contributed by atoms with E-state index in [1.165, 1.54) is 30.3 Å². The first kappa shape index (κ1) is 13.4. The van der Waals surface area contributed by atoms with Crippen LogP contribution in [0.15, 0.2) is 30.5 Å². The largest absolute Gasteiger partial charge is 0.365 e. The number of rotatable bonds is 3. The van der Waals surface area contributed by atoms with E-state index in [0.717, 1.165) is 11.1 Å². The van der Waals surface area contributed by atoms with Gasteiger partial charge >= 0.3 is 0 Å². The Kier molecular flexibility index (Phi) is 3.62. The minimum atomic E-state index is 0.548. The van der Waals surface area contributed by atoms with Crippen LogP contribution in [0.25, 0.3) is 10.9 Å². The smallest absolute Gasteiger partial charge is 0.0723 e. The van der Waals surface area contributed by atoms with Crippen LogP contribution in [0.2, 0.25) is 0 Å². The van der Waals surface area contributed by atoms with Gasteiger partial charge in [0.1, 0.15) is 0 Å². The number of nitrogens with zero attached hydrogens (tertiary/aromatic N) is 2. The Bertz CT molecular complexity index is 608. The van der Waals surface area contributed by atoms with Gasteiger partial charge in [-0.2, -0.15) is 0 Å². The fourth-order valence-corrected chi connectivity index (χ4v) is 3.50. The van der Waals surface area contributed by atoms with Gasteiger partial charge < -0.3 is 10.6 Å². The summed E-state index contributed by atoms with van der Waals surface area (Å²) in [6.45, 7) is 5.15. The summed E-state index contributed by atoms with van der Waals surface area (Å²) in [5.74, 6) is 0. The number of aromatic nitrogens is 1. The van der Waals surface area contributed by atoms with Gasteiger partial charge in [0.2, 0.25) is 0 Å². The number of benzene rings is 1. The van der Waals surface area contributed by atoms with Crippen molar-refractivity contribution in [3.63, 3.8) is 0 Å². The topological polar surface area (TPSA) is 42.1 Å². The van der Waals surface area contributed by atoms with Gasteiger partial charge in [0.05, 0.1) is 11.2 Å². The lowest BCUT2D eigenvalue weighted by molar-refractivity contribution is 0.627. The predicted molar refractivity (Wildman–Crippen MR) is 84.9 cm³/mol. The van der Waals surface area contributed by atoms with Crippen LogP contribution in [0.4, 0.5) is 5.69 Å². The molecule has 2 N–H and O–H groups in total. The van der Waals surface area contributed by atoms with Crippen LogP contribution in [0.5, 0.6) is 0 Å². The summed E-state index contributed by atoms with van der Waals surface area (Å²) in [7, 11) is 0. The zero-order chi connectivity index (χ0) is 14.1. The van der Waals surface area contributed by atoms with E-state index in [1.54, 1.807) is 0 Å². The molecule has 2 atom stereocenters. The molecule has 2 aromatic rings. The van der Waals surface area contributed by atoms with Gasteiger partial charge in [-0.3, -0.25) is 4.98 Å². The summed E-state index contributed by atoms with van der Waals surface area (Å²) < 4.78 is 0. The molecule has 0 aliphatic carbocycles. The van der Waals surface area contributed by atoms with Gasteiger partial charge in [0.25, 0.3) is 0 Å². The molecule has 1 aromatic carbocycles. The van der Waals surface area contributed by atoms with E-state index in [4.69, 9.17) is 5.73 Å². The first-order valence-electron chi connectivity index (χ1n) is 7.61. The molecule has 0 bridgehead atoms. The van der Waals surface area contributed by atoms with E-state index >= 15 is 0 Å². The summed E-state index contributed by atoms with van der Waals surface area (Å²) in [5, 5.41) is 1.24. The molecule has 1 aliphatic heterocycles. The Balaban J connectivity index is 2.22. The monoisotopic (exact) mass is 269 g/mol. The molecule has 3 heteroatoms. The fraction of sp³-hybridized carbons (Fsp3) is 0.471. The summed E-state index contributed by atoms with van der Waals surface area (Å²) >= 11 is 0. The highest BCUT2D eigenvalue weighted by atomic mass is 15.2. The van der Waals surface area contributed by atoms with Gasteiger partial charge in [-0.05, 0) is 32.3 Å². The number of anilines is 1. The zero-order valence-electron chi connectivity index (χ0n) is 12.3. The van der Waals surface area contributed by atoms with Crippen molar-refractivity contribution in [1.29, 1.82) is 0 Å². The molecule has 2 heterocycles. The third-order valence-electron chi connectivity index (χ3n) is 4.56. The van der Waals surface area contributed by atoms with Crippen LogP contribution < -0.4 is 10.6 Å². The van der Waals surface area contributed by atoms with Crippen LogP contribution in [-0.4, -0.2) is 17.1 Å². The average Bonchev–Trinajstić information content (AvgIpc) is 2.86. The van der Waals surface area contributed by atoms with Crippen LogP contribution in [0.3, 0.4) is 0 Å². The first-order valence-corrected chi connectivity index (χ1v) is 7.61. The molecule has 0 spiro atoms. The second-order valence-electron chi connectivity index (χ2n) is 5.75. The number of fused-ring (bicyclic) bond motifs is 1. The number of para-hydroxylation sites is 1. The predicted octanol–water partition coefficient (Wildman–Crippen LogP) is 3.46. The molecule has 1 aliphatic rings. The van der Waals surface area contributed by atoms with Gasteiger partial charge in [0.15, 0.2) is 0 Å². The third kappa shape index (κ3) is 2.06. The molecule has 1 fully saturated rings. The van der Waals surface area contributed by atoms with Crippen molar-refractivity contribution in [2.75, 3.05) is 4.90 Å². The summed E-state index contributed by atoms with van der Waals surface area (Å²) in [5.41, 5.74) is 9.52. The van der Waals surface area contributed by atoms with E-state index in [1.807, 2.05) is 12.3 Å². The van der Waals surface area contributed by atoms with Crippen molar-refractivity contribution in [2.24, 2.45) is 5.73 Å². The molecule has 3 nitrogen and oxygen atoms in total. The maximum Gasteiger partial charge on any atom is 0.0723 e.